The van der Waals surface area contributed by atoms with Gasteiger partial charge >= 0.3 is 0 Å². The molecule has 32 heavy (non-hydrogen) atoms. The molecule has 1 saturated heterocycles. The largest absolute Gasteiger partial charge is 0.482 e. The van der Waals surface area contributed by atoms with Gasteiger partial charge < -0.3 is 15.0 Å². The van der Waals surface area contributed by atoms with Crippen molar-refractivity contribution in [2.45, 2.75) is 31.2 Å². The fourth-order valence-electron chi connectivity index (χ4n) is 4.14. The van der Waals surface area contributed by atoms with Crippen LogP contribution in [0.4, 0.5) is 5.69 Å². The van der Waals surface area contributed by atoms with Crippen molar-refractivity contribution in [3.8, 4) is 5.75 Å². The van der Waals surface area contributed by atoms with Crippen LogP contribution in [0.5, 0.6) is 5.75 Å². The predicted octanol–water partition coefficient (Wildman–Crippen LogP) is 2.47. The standard InChI is InChI=1S/C23H27N3O5S/c1-2-25(14-17-7-4-3-5-8-17)23(28)18-9-6-12-26(15-18)32(29,30)19-10-11-21-20(13-19)24-22(27)16-31-21/h3-5,7-8,10-11,13,18H,2,6,9,12,14-16H2,1H3,(H,24,27)/t18-/m1/s1. The number of benzene rings is 2. The zero-order chi connectivity index (χ0) is 22.7. The van der Waals surface area contributed by atoms with Crippen molar-refractivity contribution >= 4 is 27.5 Å². The third-order valence-electron chi connectivity index (χ3n) is 5.86. The highest BCUT2D eigenvalue weighted by atomic mass is 32.2. The minimum atomic E-state index is -3.81. The van der Waals surface area contributed by atoms with Gasteiger partial charge in [0, 0.05) is 26.2 Å². The first-order valence-corrected chi connectivity index (χ1v) is 12.2. The van der Waals surface area contributed by atoms with Crippen LogP contribution in [0.25, 0.3) is 0 Å². The van der Waals surface area contributed by atoms with E-state index in [2.05, 4.69) is 5.32 Å². The quantitative estimate of drug-likeness (QED) is 0.719. The van der Waals surface area contributed by atoms with E-state index in [0.717, 1.165) is 5.56 Å². The SMILES string of the molecule is CCN(Cc1ccccc1)C(=O)[C@@H]1CCCN(S(=O)(=O)c2ccc3c(c2)NC(=O)CO3)C1. The molecule has 0 bridgehead atoms. The van der Waals surface area contributed by atoms with E-state index < -0.39 is 10.0 Å². The average molecular weight is 458 g/mol. The summed E-state index contributed by atoms with van der Waals surface area (Å²) in [7, 11) is -3.81. The van der Waals surface area contributed by atoms with E-state index in [-0.39, 0.29) is 35.8 Å². The number of hydrogen-bond donors (Lipinski definition) is 1. The second-order valence-electron chi connectivity index (χ2n) is 8.04. The van der Waals surface area contributed by atoms with Crippen molar-refractivity contribution in [1.29, 1.82) is 0 Å². The molecule has 0 aliphatic carbocycles. The van der Waals surface area contributed by atoms with Gasteiger partial charge in [-0.05, 0) is 43.5 Å². The molecule has 2 heterocycles. The molecule has 4 rings (SSSR count). The number of nitrogens with one attached hydrogen (secondary N) is 1. The molecule has 0 spiro atoms. The van der Waals surface area contributed by atoms with E-state index in [1.165, 1.54) is 16.4 Å². The Balaban J connectivity index is 1.50. The summed E-state index contributed by atoms with van der Waals surface area (Å²) in [5.41, 5.74) is 1.38. The summed E-state index contributed by atoms with van der Waals surface area (Å²) in [6.45, 7) is 3.41. The van der Waals surface area contributed by atoms with E-state index >= 15 is 0 Å². The molecule has 2 aliphatic heterocycles. The van der Waals surface area contributed by atoms with Gasteiger partial charge in [-0.2, -0.15) is 4.31 Å². The van der Waals surface area contributed by atoms with Crippen molar-refractivity contribution in [1.82, 2.24) is 9.21 Å². The molecule has 2 aliphatic rings. The minimum absolute atomic E-state index is 0.0256. The molecule has 0 aromatic heterocycles. The Morgan fingerprint density at radius 1 is 1.22 bits per heavy atom. The molecular weight excluding hydrogens is 430 g/mol. The maximum absolute atomic E-state index is 13.3. The lowest BCUT2D eigenvalue weighted by atomic mass is 9.98. The molecule has 9 heteroatoms. The van der Waals surface area contributed by atoms with Gasteiger partial charge in [0.15, 0.2) is 6.61 Å². The summed E-state index contributed by atoms with van der Waals surface area (Å²) in [6.07, 6.45) is 1.27. The topological polar surface area (TPSA) is 96.0 Å². The molecule has 8 nitrogen and oxygen atoms in total. The second kappa shape index (κ2) is 9.30. The number of sulfonamides is 1. The second-order valence-corrected chi connectivity index (χ2v) is 9.97. The summed E-state index contributed by atoms with van der Waals surface area (Å²) in [6, 6.07) is 14.2. The maximum Gasteiger partial charge on any atom is 0.262 e. The predicted molar refractivity (Wildman–Crippen MR) is 120 cm³/mol. The first kappa shape index (κ1) is 22.3. The van der Waals surface area contributed by atoms with Crippen LogP contribution in [0.1, 0.15) is 25.3 Å². The lowest BCUT2D eigenvalue weighted by Gasteiger charge is -2.34. The Labute approximate surface area is 188 Å². The van der Waals surface area contributed by atoms with Crippen LogP contribution in [0.3, 0.4) is 0 Å². The Kier molecular flexibility index (Phi) is 6.48. The van der Waals surface area contributed by atoms with Crippen LogP contribution in [-0.4, -0.2) is 55.7 Å². The third kappa shape index (κ3) is 4.63. The number of amides is 2. The van der Waals surface area contributed by atoms with E-state index in [0.29, 0.717) is 43.9 Å². The van der Waals surface area contributed by atoms with Crippen LogP contribution >= 0.6 is 0 Å². The van der Waals surface area contributed by atoms with Gasteiger partial charge in [-0.1, -0.05) is 30.3 Å². The molecule has 1 N–H and O–H groups in total. The maximum atomic E-state index is 13.3. The fraction of sp³-hybridized carbons (Fsp3) is 0.391. The first-order valence-electron chi connectivity index (χ1n) is 10.8. The monoisotopic (exact) mass is 457 g/mol. The molecule has 0 radical (unpaired) electrons. The van der Waals surface area contributed by atoms with Gasteiger partial charge in [-0.15, -0.1) is 0 Å². The van der Waals surface area contributed by atoms with Crippen molar-refractivity contribution in [3.63, 3.8) is 0 Å². The highest BCUT2D eigenvalue weighted by molar-refractivity contribution is 7.89. The lowest BCUT2D eigenvalue weighted by Crippen LogP contribution is -2.46. The van der Waals surface area contributed by atoms with Crippen molar-refractivity contribution in [2.24, 2.45) is 5.92 Å². The zero-order valence-electron chi connectivity index (χ0n) is 18.0. The van der Waals surface area contributed by atoms with Gasteiger partial charge in [-0.25, -0.2) is 8.42 Å². The van der Waals surface area contributed by atoms with Crippen LogP contribution in [-0.2, 0) is 26.2 Å². The Hall–Kier alpha value is -2.91. The van der Waals surface area contributed by atoms with E-state index in [9.17, 15) is 18.0 Å². The Bertz CT molecular complexity index is 1100. The van der Waals surface area contributed by atoms with Crippen LogP contribution in [0, 0.1) is 5.92 Å². The molecule has 170 valence electrons. The van der Waals surface area contributed by atoms with E-state index in [4.69, 9.17) is 4.74 Å². The minimum Gasteiger partial charge on any atom is -0.482 e. The molecular formula is C23H27N3O5S. The van der Waals surface area contributed by atoms with Crippen molar-refractivity contribution in [3.05, 3.63) is 54.1 Å². The Morgan fingerprint density at radius 3 is 2.75 bits per heavy atom. The summed E-state index contributed by atoms with van der Waals surface area (Å²) < 4.78 is 33.3. The molecule has 2 amide bonds. The van der Waals surface area contributed by atoms with Gasteiger partial charge in [-0.3, -0.25) is 9.59 Å². The summed E-state index contributed by atoms with van der Waals surface area (Å²) >= 11 is 0. The van der Waals surface area contributed by atoms with Gasteiger partial charge in [0.25, 0.3) is 5.91 Å². The average Bonchev–Trinajstić information content (AvgIpc) is 2.82. The third-order valence-corrected chi connectivity index (χ3v) is 7.73. The summed E-state index contributed by atoms with van der Waals surface area (Å²) in [4.78, 5) is 26.7. The smallest absolute Gasteiger partial charge is 0.262 e. The van der Waals surface area contributed by atoms with Crippen LogP contribution in [0.15, 0.2) is 53.4 Å². The number of anilines is 1. The molecule has 0 unspecified atom stereocenters. The van der Waals surface area contributed by atoms with Crippen LogP contribution < -0.4 is 10.1 Å². The molecule has 2 aromatic carbocycles. The van der Waals surface area contributed by atoms with Crippen molar-refractivity contribution in [2.75, 3.05) is 31.6 Å². The number of carbonyl (C=O) groups excluding carboxylic acids is 2. The Morgan fingerprint density at radius 2 is 2.00 bits per heavy atom. The number of fused-ring (bicyclic) bond motifs is 1. The van der Waals surface area contributed by atoms with Crippen LogP contribution in [0.2, 0.25) is 0 Å². The molecule has 2 aromatic rings. The van der Waals surface area contributed by atoms with E-state index in [1.807, 2.05) is 37.3 Å². The highest BCUT2D eigenvalue weighted by Gasteiger charge is 2.35. The van der Waals surface area contributed by atoms with Gasteiger partial charge in [0.2, 0.25) is 15.9 Å². The van der Waals surface area contributed by atoms with Gasteiger partial charge in [0.1, 0.15) is 5.75 Å². The van der Waals surface area contributed by atoms with E-state index in [1.54, 1.807) is 11.0 Å². The normalized spacial score (nSPS) is 18.9. The highest BCUT2D eigenvalue weighted by Crippen LogP contribution is 2.32. The van der Waals surface area contributed by atoms with Crippen molar-refractivity contribution < 1.29 is 22.7 Å². The number of piperidine rings is 1. The zero-order valence-corrected chi connectivity index (χ0v) is 18.8. The molecule has 1 fully saturated rings. The summed E-state index contributed by atoms with van der Waals surface area (Å²) in [5, 5.41) is 2.64. The molecule has 0 saturated carbocycles. The molecule has 1 atom stereocenters. The number of hydrogen-bond acceptors (Lipinski definition) is 5. The number of ether oxygens (including phenoxy) is 1. The first-order chi connectivity index (χ1) is 15.4. The number of rotatable bonds is 6. The lowest BCUT2D eigenvalue weighted by molar-refractivity contribution is -0.137. The van der Waals surface area contributed by atoms with Gasteiger partial charge in [0.05, 0.1) is 16.5 Å². The number of carbonyl (C=O) groups is 2. The summed E-state index contributed by atoms with van der Waals surface area (Å²) in [5.74, 6) is -0.297. The fourth-order valence-corrected chi connectivity index (χ4v) is 5.69. The number of nitrogens with zero attached hydrogens (tertiary/aromatic N) is 2.